The fourth-order valence-electron chi connectivity index (χ4n) is 1.88. The number of aryl methyl sites for hydroxylation is 1. The molecule has 17 heavy (non-hydrogen) atoms. The number of rotatable bonds is 1. The molecule has 1 fully saturated rings. The summed E-state index contributed by atoms with van der Waals surface area (Å²) in [6.07, 6.45) is 0. The Morgan fingerprint density at radius 3 is 2.53 bits per heavy atom. The van der Waals surface area contributed by atoms with Crippen molar-refractivity contribution in [1.82, 2.24) is 4.90 Å². The van der Waals surface area contributed by atoms with Crippen LogP contribution in [0.3, 0.4) is 0 Å². The van der Waals surface area contributed by atoms with Crippen molar-refractivity contribution < 1.29 is 9.59 Å². The minimum atomic E-state index is -0.454. The number of carbonyl (C=O) groups is 2. The zero-order valence-corrected chi connectivity index (χ0v) is 11.3. The first-order chi connectivity index (χ1) is 8.00. The number of likely N-dealkylation sites (N-methyl/N-ethyl adjacent to an activating group) is 1. The summed E-state index contributed by atoms with van der Waals surface area (Å²) in [5, 5.41) is 0. The van der Waals surface area contributed by atoms with Crippen LogP contribution in [0.25, 0.3) is 0 Å². The van der Waals surface area contributed by atoms with Gasteiger partial charge in [0.05, 0.1) is 0 Å². The Balaban J connectivity index is 2.34. The number of nitrogens with zero attached hydrogens (tertiary/aromatic N) is 2. The first kappa shape index (κ1) is 12.1. The van der Waals surface area contributed by atoms with Crippen molar-refractivity contribution in [3.63, 3.8) is 0 Å². The molecule has 4 nitrogen and oxygen atoms in total. The van der Waals surface area contributed by atoms with Crippen LogP contribution in [-0.2, 0) is 9.59 Å². The second-order valence-corrected chi connectivity index (χ2v) is 5.03. The highest BCUT2D eigenvalue weighted by molar-refractivity contribution is 9.10. The number of anilines is 1. The smallest absolute Gasteiger partial charge is 0.316 e. The molecule has 90 valence electrons. The molecule has 1 aliphatic rings. The summed E-state index contributed by atoms with van der Waals surface area (Å²) in [5.41, 5.74) is 1.78. The molecule has 2 rings (SSSR count). The molecular weight excluding hydrogens is 284 g/mol. The lowest BCUT2D eigenvalue weighted by Crippen LogP contribution is -2.53. The van der Waals surface area contributed by atoms with Gasteiger partial charge < -0.3 is 9.80 Å². The van der Waals surface area contributed by atoms with Crippen LogP contribution >= 0.6 is 15.9 Å². The van der Waals surface area contributed by atoms with Gasteiger partial charge in [0.15, 0.2) is 0 Å². The van der Waals surface area contributed by atoms with E-state index in [1.54, 1.807) is 11.9 Å². The van der Waals surface area contributed by atoms with Crippen molar-refractivity contribution in [3.8, 4) is 0 Å². The predicted molar refractivity (Wildman–Crippen MR) is 68.9 cm³/mol. The number of amides is 2. The van der Waals surface area contributed by atoms with Crippen LogP contribution < -0.4 is 4.90 Å². The van der Waals surface area contributed by atoms with E-state index in [9.17, 15) is 9.59 Å². The van der Waals surface area contributed by atoms with Gasteiger partial charge in [-0.2, -0.15) is 0 Å². The molecule has 2 amide bonds. The van der Waals surface area contributed by atoms with Crippen molar-refractivity contribution in [2.45, 2.75) is 6.92 Å². The van der Waals surface area contributed by atoms with Crippen LogP contribution in [-0.4, -0.2) is 36.9 Å². The number of carbonyl (C=O) groups excluding carboxylic acids is 2. The monoisotopic (exact) mass is 296 g/mol. The largest absolute Gasteiger partial charge is 0.336 e. The molecule has 1 aliphatic heterocycles. The lowest BCUT2D eigenvalue weighted by Gasteiger charge is -2.32. The topological polar surface area (TPSA) is 40.6 Å². The standard InChI is InChI=1S/C12H13BrN2O2/c1-8-7-9(13)3-4-10(8)15-6-5-14(2)11(16)12(15)17/h3-4,7H,5-6H2,1-2H3. The summed E-state index contributed by atoms with van der Waals surface area (Å²) in [4.78, 5) is 26.5. The quantitative estimate of drug-likeness (QED) is 0.738. The Kier molecular flexibility index (Phi) is 3.19. The lowest BCUT2D eigenvalue weighted by molar-refractivity contribution is -0.145. The molecular formula is C12H13BrN2O2. The Morgan fingerprint density at radius 1 is 1.18 bits per heavy atom. The van der Waals surface area contributed by atoms with Crippen molar-refractivity contribution in [2.75, 3.05) is 25.0 Å². The van der Waals surface area contributed by atoms with Gasteiger partial charge >= 0.3 is 11.8 Å². The molecule has 0 radical (unpaired) electrons. The van der Waals surface area contributed by atoms with Gasteiger partial charge in [0.2, 0.25) is 0 Å². The zero-order valence-electron chi connectivity index (χ0n) is 9.74. The molecule has 1 aromatic carbocycles. The maximum Gasteiger partial charge on any atom is 0.316 e. The van der Waals surface area contributed by atoms with Gasteiger partial charge in [0.25, 0.3) is 0 Å². The van der Waals surface area contributed by atoms with E-state index >= 15 is 0 Å². The van der Waals surface area contributed by atoms with Gasteiger partial charge in [-0.15, -0.1) is 0 Å². The van der Waals surface area contributed by atoms with E-state index in [0.717, 1.165) is 15.7 Å². The first-order valence-corrected chi connectivity index (χ1v) is 6.13. The highest BCUT2D eigenvalue weighted by Crippen LogP contribution is 2.25. The number of piperazine rings is 1. The summed E-state index contributed by atoms with van der Waals surface area (Å²) in [7, 11) is 1.64. The molecule has 5 heteroatoms. The van der Waals surface area contributed by atoms with Crippen LogP contribution in [0.5, 0.6) is 0 Å². The maximum atomic E-state index is 11.9. The number of hydrogen-bond donors (Lipinski definition) is 0. The molecule has 0 N–H and O–H groups in total. The van der Waals surface area contributed by atoms with Crippen LogP contribution in [0.4, 0.5) is 5.69 Å². The Morgan fingerprint density at radius 2 is 1.88 bits per heavy atom. The molecule has 0 spiro atoms. The Bertz CT molecular complexity index is 487. The summed E-state index contributed by atoms with van der Waals surface area (Å²) in [6, 6.07) is 5.67. The molecule has 0 bridgehead atoms. The SMILES string of the molecule is Cc1cc(Br)ccc1N1CCN(C)C(=O)C1=O. The van der Waals surface area contributed by atoms with E-state index in [1.807, 2.05) is 25.1 Å². The normalized spacial score (nSPS) is 16.6. The first-order valence-electron chi connectivity index (χ1n) is 5.34. The summed E-state index contributed by atoms with van der Waals surface area (Å²) >= 11 is 3.38. The third-order valence-electron chi connectivity index (χ3n) is 2.88. The third-order valence-corrected chi connectivity index (χ3v) is 3.38. The zero-order chi connectivity index (χ0) is 12.6. The molecule has 1 saturated heterocycles. The van der Waals surface area contributed by atoms with Crippen LogP contribution in [0.2, 0.25) is 0 Å². The average molecular weight is 297 g/mol. The maximum absolute atomic E-state index is 11.9. The highest BCUT2D eigenvalue weighted by Gasteiger charge is 2.31. The highest BCUT2D eigenvalue weighted by atomic mass is 79.9. The van der Waals surface area contributed by atoms with E-state index in [1.165, 1.54) is 4.90 Å². The predicted octanol–water partition coefficient (Wildman–Crippen LogP) is 1.56. The Labute approximate surface area is 108 Å². The van der Waals surface area contributed by atoms with Crippen molar-refractivity contribution in [3.05, 3.63) is 28.2 Å². The van der Waals surface area contributed by atoms with E-state index in [0.29, 0.717) is 13.1 Å². The summed E-state index contributed by atoms with van der Waals surface area (Å²) < 4.78 is 0.964. The van der Waals surface area contributed by atoms with Gasteiger partial charge in [-0.3, -0.25) is 9.59 Å². The fraction of sp³-hybridized carbons (Fsp3) is 0.333. The Hall–Kier alpha value is -1.36. The van der Waals surface area contributed by atoms with Gasteiger partial charge in [-0.25, -0.2) is 0 Å². The van der Waals surface area contributed by atoms with E-state index < -0.39 is 11.8 Å². The number of hydrogen-bond acceptors (Lipinski definition) is 2. The average Bonchev–Trinajstić information content (AvgIpc) is 2.28. The minimum Gasteiger partial charge on any atom is -0.336 e. The van der Waals surface area contributed by atoms with Crippen LogP contribution in [0, 0.1) is 6.92 Å². The van der Waals surface area contributed by atoms with E-state index in [4.69, 9.17) is 0 Å². The molecule has 0 atom stereocenters. The second-order valence-electron chi connectivity index (χ2n) is 4.11. The molecule has 1 heterocycles. The summed E-state index contributed by atoms with van der Waals surface area (Å²) in [5.74, 6) is -0.900. The van der Waals surface area contributed by atoms with E-state index in [2.05, 4.69) is 15.9 Å². The third kappa shape index (κ3) is 2.20. The second kappa shape index (κ2) is 4.49. The number of halogens is 1. The van der Waals surface area contributed by atoms with Gasteiger partial charge in [-0.05, 0) is 30.7 Å². The molecule has 0 unspecified atom stereocenters. The van der Waals surface area contributed by atoms with Crippen LogP contribution in [0.15, 0.2) is 22.7 Å². The van der Waals surface area contributed by atoms with E-state index in [-0.39, 0.29) is 0 Å². The van der Waals surface area contributed by atoms with Crippen LogP contribution in [0.1, 0.15) is 5.56 Å². The van der Waals surface area contributed by atoms with Gasteiger partial charge in [-0.1, -0.05) is 15.9 Å². The molecule has 0 aromatic heterocycles. The van der Waals surface area contributed by atoms with Gasteiger partial charge in [0.1, 0.15) is 0 Å². The summed E-state index contributed by atoms with van der Waals surface area (Å²) in [6.45, 7) is 3.04. The fourth-order valence-corrected chi connectivity index (χ4v) is 2.36. The van der Waals surface area contributed by atoms with Crippen molar-refractivity contribution >= 4 is 33.4 Å². The van der Waals surface area contributed by atoms with Crippen molar-refractivity contribution in [1.29, 1.82) is 0 Å². The van der Waals surface area contributed by atoms with Gasteiger partial charge in [0, 0.05) is 30.3 Å². The minimum absolute atomic E-state index is 0.446. The molecule has 0 aliphatic carbocycles. The lowest BCUT2D eigenvalue weighted by atomic mass is 10.1. The number of benzene rings is 1. The van der Waals surface area contributed by atoms with Crippen molar-refractivity contribution in [2.24, 2.45) is 0 Å². The molecule has 1 aromatic rings. The molecule has 0 saturated carbocycles.